The average Bonchev–Trinajstić information content (AvgIpc) is 2.79. The highest BCUT2D eigenvalue weighted by molar-refractivity contribution is 5.87. The van der Waals surface area contributed by atoms with Gasteiger partial charge < -0.3 is 5.21 Å². The van der Waals surface area contributed by atoms with E-state index in [9.17, 15) is 5.21 Å². The van der Waals surface area contributed by atoms with Gasteiger partial charge >= 0.3 is 5.69 Å². The van der Waals surface area contributed by atoms with Crippen LogP contribution in [0.4, 0.5) is 0 Å². The van der Waals surface area contributed by atoms with Crippen LogP contribution < -0.4 is 4.90 Å². The second kappa shape index (κ2) is 3.86. The highest BCUT2D eigenvalue weighted by Gasteiger charge is 2.20. The van der Waals surface area contributed by atoms with E-state index in [0.717, 1.165) is 10.8 Å². The van der Waals surface area contributed by atoms with Crippen molar-refractivity contribution in [3.8, 4) is 17.3 Å². The van der Waals surface area contributed by atoms with Gasteiger partial charge in [0.15, 0.2) is 6.07 Å². The van der Waals surface area contributed by atoms with Crippen molar-refractivity contribution in [2.75, 3.05) is 0 Å². The molecule has 0 fully saturated rings. The summed E-state index contributed by atoms with van der Waals surface area (Å²) in [6.45, 7) is 0. The molecule has 2 aromatic carbocycles. The Bertz CT molecular complexity index is 771. The molecule has 0 spiro atoms. The zero-order valence-corrected chi connectivity index (χ0v) is 9.20. The molecule has 3 rings (SSSR count). The summed E-state index contributed by atoms with van der Waals surface area (Å²) in [5, 5.41) is 25.8. The van der Waals surface area contributed by atoms with Crippen molar-refractivity contribution in [1.82, 2.24) is 5.16 Å². The van der Waals surface area contributed by atoms with Gasteiger partial charge in [-0.1, -0.05) is 30.3 Å². The van der Waals surface area contributed by atoms with Crippen LogP contribution in [0.1, 0.15) is 5.69 Å². The normalized spacial score (nSPS) is 10.4. The first kappa shape index (κ1) is 10.3. The molecule has 0 saturated carbocycles. The Morgan fingerprint density at radius 1 is 1.17 bits per heavy atom. The van der Waals surface area contributed by atoms with E-state index in [1.54, 1.807) is 12.1 Å². The number of hydrogen-bond donors (Lipinski definition) is 0. The van der Waals surface area contributed by atoms with Crippen LogP contribution in [0.5, 0.6) is 0 Å². The maximum Gasteiger partial charge on any atom is 0.302 e. The van der Waals surface area contributed by atoms with Crippen molar-refractivity contribution >= 4 is 10.8 Å². The molecule has 0 aliphatic rings. The van der Waals surface area contributed by atoms with Crippen molar-refractivity contribution in [2.24, 2.45) is 0 Å². The Hall–Kier alpha value is -2.87. The quantitative estimate of drug-likeness (QED) is 0.606. The summed E-state index contributed by atoms with van der Waals surface area (Å²) in [4.78, 5) is 0.116. The fraction of sp³-hybridized carbons (Fsp3) is 0. The molecular formula is C13H7N3O2. The molecule has 0 aliphatic heterocycles. The Kier molecular flexibility index (Phi) is 2.21. The van der Waals surface area contributed by atoms with E-state index in [-0.39, 0.29) is 16.3 Å². The lowest BCUT2D eigenvalue weighted by atomic mass is 10.0. The Morgan fingerprint density at radius 3 is 2.72 bits per heavy atom. The molecule has 86 valence electrons. The van der Waals surface area contributed by atoms with Crippen molar-refractivity contribution in [1.29, 1.82) is 5.26 Å². The Balaban J connectivity index is 2.23. The first-order valence-corrected chi connectivity index (χ1v) is 5.28. The number of aromatic nitrogens is 2. The van der Waals surface area contributed by atoms with Gasteiger partial charge in [-0.2, -0.15) is 5.26 Å². The third-order valence-corrected chi connectivity index (χ3v) is 2.74. The van der Waals surface area contributed by atoms with E-state index in [2.05, 4.69) is 9.79 Å². The summed E-state index contributed by atoms with van der Waals surface area (Å²) in [6, 6.07) is 15.2. The number of nitriles is 1. The van der Waals surface area contributed by atoms with E-state index in [4.69, 9.17) is 5.26 Å². The van der Waals surface area contributed by atoms with Crippen LogP contribution in [0.15, 0.2) is 47.1 Å². The largest absolute Gasteiger partial charge is 0.358 e. The molecule has 3 aromatic rings. The fourth-order valence-corrected chi connectivity index (χ4v) is 1.87. The predicted molar refractivity (Wildman–Crippen MR) is 63.1 cm³/mol. The van der Waals surface area contributed by atoms with Gasteiger partial charge in [0.05, 0.1) is 0 Å². The second-order valence-corrected chi connectivity index (χ2v) is 3.80. The van der Waals surface area contributed by atoms with Crippen LogP contribution in [0.2, 0.25) is 0 Å². The highest BCUT2D eigenvalue weighted by atomic mass is 16.8. The van der Waals surface area contributed by atoms with Crippen molar-refractivity contribution in [3.05, 3.63) is 53.4 Å². The molecule has 0 unspecified atom stereocenters. The van der Waals surface area contributed by atoms with E-state index in [0.29, 0.717) is 5.56 Å². The van der Waals surface area contributed by atoms with Crippen LogP contribution in [0, 0.1) is 16.5 Å². The number of nitrogens with zero attached hydrogens (tertiary/aromatic N) is 3. The molecule has 0 aliphatic carbocycles. The van der Waals surface area contributed by atoms with Gasteiger partial charge in [0.2, 0.25) is 0 Å². The standard InChI is InChI=1S/C13H7N3O2/c14-8-12-13(15-18-16(12)17)11-6-5-9-3-1-2-4-10(9)7-11/h1-7H. The van der Waals surface area contributed by atoms with Gasteiger partial charge in [-0.15, -0.1) is 0 Å². The van der Waals surface area contributed by atoms with E-state index in [1.807, 2.05) is 36.4 Å². The first-order valence-electron chi connectivity index (χ1n) is 5.28. The summed E-state index contributed by atoms with van der Waals surface area (Å²) in [5.74, 6) is 0. The third kappa shape index (κ3) is 1.48. The van der Waals surface area contributed by atoms with Gasteiger partial charge in [0.25, 0.3) is 5.69 Å². The molecular weight excluding hydrogens is 230 g/mol. The lowest BCUT2D eigenvalue weighted by Crippen LogP contribution is -2.26. The van der Waals surface area contributed by atoms with E-state index < -0.39 is 0 Å². The van der Waals surface area contributed by atoms with Gasteiger partial charge in [-0.25, -0.2) is 0 Å². The lowest BCUT2D eigenvalue weighted by Gasteiger charge is -1.98. The number of hydrogen-bond acceptors (Lipinski definition) is 4. The van der Waals surface area contributed by atoms with Gasteiger partial charge in [-0.05, 0) is 27.8 Å². The predicted octanol–water partition coefficient (Wildman–Crippen LogP) is 2.00. The summed E-state index contributed by atoms with van der Waals surface area (Å²) in [7, 11) is 0. The molecule has 0 bridgehead atoms. The maximum atomic E-state index is 11.2. The van der Waals surface area contributed by atoms with Gasteiger partial charge in [-0.3, -0.25) is 4.63 Å². The van der Waals surface area contributed by atoms with E-state index >= 15 is 0 Å². The first-order chi connectivity index (χ1) is 8.79. The van der Waals surface area contributed by atoms with Crippen molar-refractivity contribution in [2.45, 2.75) is 0 Å². The smallest absolute Gasteiger partial charge is 0.302 e. The van der Waals surface area contributed by atoms with Crippen molar-refractivity contribution in [3.63, 3.8) is 0 Å². The second-order valence-electron chi connectivity index (χ2n) is 3.80. The number of rotatable bonds is 1. The number of fused-ring (bicyclic) bond motifs is 1. The minimum atomic E-state index is -0.134. The van der Waals surface area contributed by atoms with Crippen molar-refractivity contribution < 1.29 is 9.53 Å². The zero-order chi connectivity index (χ0) is 12.5. The summed E-state index contributed by atoms with van der Waals surface area (Å²) in [6.07, 6.45) is 0. The molecule has 0 radical (unpaired) electrons. The number of benzene rings is 2. The molecule has 5 nitrogen and oxygen atoms in total. The Labute approximate surface area is 102 Å². The van der Waals surface area contributed by atoms with Gasteiger partial charge in [0.1, 0.15) is 0 Å². The molecule has 18 heavy (non-hydrogen) atoms. The fourth-order valence-electron chi connectivity index (χ4n) is 1.87. The minimum absolute atomic E-state index is 0.116. The summed E-state index contributed by atoms with van der Waals surface area (Å²) >= 11 is 0. The molecule has 1 heterocycles. The van der Waals surface area contributed by atoms with Crippen LogP contribution in [0.25, 0.3) is 22.0 Å². The minimum Gasteiger partial charge on any atom is -0.358 e. The molecule has 5 heteroatoms. The Morgan fingerprint density at radius 2 is 1.94 bits per heavy atom. The average molecular weight is 237 g/mol. The topological polar surface area (TPSA) is 76.8 Å². The summed E-state index contributed by atoms with van der Waals surface area (Å²) < 4.78 is 4.44. The molecule has 1 aromatic heterocycles. The van der Waals surface area contributed by atoms with E-state index in [1.165, 1.54) is 0 Å². The third-order valence-electron chi connectivity index (χ3n) is 2.74. The molecule has 0 N–H and O–H groups in total. The molecule has 0 atom stereocenters. The monoisotopic (exact) mass is 237 g/mol. The van der Waals surface area contributed by atoms with Crippen LogP contribution in [-0.2, 0) is 0 Å². The lowest BCUT2D eigenvalue weighted by molar-refractivity contribution is -0.804. The zero-order valence-electron chi connectivity index (χ0n) is 9.20. The summed E-state index contributed by atoms with van der Waals surface area (Å²) in [5.41, 5.74) is 0.812. The van der Waals surface area contributed by atoms with Crippen LogP contribution in [0.3, 0.4) is 0 Å². The van der Waals surface area contributed by atoms with Crippen LogP contribution >= 0.6 is 0 Å². The molecule has 0 amide bonds. The van der Waals surface area contributed by atoms with Gasteiger partial charge in [0, 0.05) is 10.7 Å². The SMILES string of the molecule is N#Cc1c(-c2ccc3ccccc3c2)no[n+]1[O-]. The molecule has 0 saturated heterocycles. The maximum absolute atomic E-state index is 11.2. The highest BCUT2D eigenvalue weighted by Crippen LogP contribution is 2.24. The van der Waals surface area contributed by atoms with Crippen LogP contribution in [-0.4, -0.2) is 5.16 Å².